The molecule has 0 fully saturated rings. The highest BCUT2D eigenvalue weighted by molar-refractivity contribution is 9.10. The maximum absolute atomic E-state index is 13.6. The van der Waals surface area contributed by atoms with Crippen molar-refractivity contribution in [2.75, 3.05) is 0 Å². The summed E-state index contributed by atoms with van der Waals surface area (Å²) in [7, 11) is -7.86. The number of sulfone groups is 2. The van der Waals surface area contributed by atoms with Crippen LogP contribution in [0.5, 0.6) is 46.0 Å². The summed E-state index contributed by atoms with van der Waals surface area (Å²) in [6.07, 6.45) is 0. The van der Waals surface area contributed by atoms with E-state index in [2.05, 4.69) is 31.9 Å². The molecule has 12 heteroatoms. The fraction of sp³-hybridized carbons (Fsp3) is 0. The third-order valence-corrected chi connectivity index (χ3v) is 12.6. The van der Waals surface area contributed by atoms with Crippen LogP contribution in [0.1, 0.15) is 0 Å². The van der Waals surface area contributed by atoms with Crippen molar-refractivity contribution in [3.63, 3.8) is 0 Å². The van der Waals surface area contributed by atoms with Crippen LogP contribution in [0.25, 0.3) is 0 Å². The second-order valence-electron chi connectivity index (χ2n) is 11.6. The van der Waals surface area contributed by atoms with Gasteiger partial charge in [0.2, 0.25) is 19.7 Å². The summed E-state index contributed by atoms with van der Waals surface area (Å²) in [6.45, 7) is 0. The summed E-state index contributed by atoms with van der Waals surface area (Å²) in [6, 6.07) is 46.2. The number of rotatable bonds is 12. The van der Waals surface area contributed by atoms with E-state index in [0.717, 1.165) is 8.95 Å². The Labute approximate surface area is 329 Å². The van der Waals surface area contributed by atoms with Gasteiger partial charge in [0.25, 0.3) is 0 Å². The van der Waals surface area contributed by atoms with Gasteiger partial charge in [-0.05, 0) is 133 Å². The lowest BCUT2D eigenvalue weighted by molar-refractivity contribution is 0.460. The molecule has 0 aliphatic carbocycles. The molecule has 0 aliphatic rings. The second kappa shape index (κ2) is 15.9. The lowest BCUT2D eigenvalue weighted by Crippen LogP contribution is -2.04. The molecule has 54 heavy (non-hydrogen) atoms. The third-order valence-electron chi connectivity index (χ3n) is 7.91. The minimum absolute atomic E-state index is 0.0348. The molecule has 0 amide bonds. The summed E-state index contributed by atoms with van der Waals surface area (Å²) in [5.74, 6) is 3.12. The molecule has 0 aromatic heterocycles. The molecule has 7 aromatic rings. The predicted molar refractivity (Wildman–Crippen MR) is 212 cm³/mol. The highest BCUT2D eigenvalue weighted by Gasteiger charge is 2.24. The Morgan fingerprint density at radius 3 is 1.06 bits per heavy atom. The van der Waals surface area contributed by atoms with E-state index in [-0.39, 0.29) is 31.1 Å². The number of benzene rings is 7. The van der Waals surface area contributed by atoms with Crippen LogP contribution < -0.4 is 18.9 Å². The van der Waals surface area contributed by atoms with Gasteiger partial charge >= 0.3 is 0 Å². The SMILES string of the molecule is O=S(=O)(c1ccc(Oc2cccc(Oc3ccc(S(=O)(=O)c4ccccc4Oc4ccc(Br)cc4)cc3)c2)cc1)c1ccccc1Oc1ccc(Br)cc1. The van der Waals surface area contributed by atoms with Crippen molar-refractivity contribution in [2.45, 2.75) is 19.6 Å². The van der Waals surface area contributed by atoms with E-state index in [9.17, 15) is 16.8 Å². The van der Waals surface area contributed by atoms with Gasteiger partial charge in [0.1, 0.15) is 55.8 Å². The molecule has 0 heterocycles. The largest absolute Gasteiger partial charge is 0.457 e. The van der Waals surface area contributed by atoms with Crippen LogP contribution in [0.3, 0.4) is 0 Å². The van der Waals surface area contributed by atoms with E-state index in [4.69, 9.17) is 18.9 Å². The Morgan fingerprint density at radius 2 is 0.667 bits per heavy atom. The minimum Gasteiger partial charge on any atom is -0.457 e. The Balaban J connectivity index is 1.02. The summed E-state index contributed by atoms with van der Waals surface area (Å²) in [5.41, 5.74) is 0. The summed E-state index contributed by atoms with van der Waals surface area (Å²) >= 11 is 6.77. The molecular weight excluding hydrogens is 856 g/mol. The van der Waals surface area contributed by atoms with Crippen LogP contribution in [-0.4, -0.2) is 16.8 Å². The number of ether oxygens (including phenoxy) is 4. The van der Waals surface area contributed by atoms with Gasteiger partial charge in [0, 0.05) is 15.0 Å². The van der Waals surface area contributed by atoms with Crippen molar-refractivity contribution in [3.05, 3.63) is 179 Å². The van der Waals surface area contributed by atoms with Crippen molar-refractivity contribution in [3.8, 4) is 46.0 Å². The van der Waals surface area contributed by atoms with Gasteiger partial charge in [0.05, 0.1) is 9.79 Å². The van der Waals surface area contributed by atoms with Gasteiger partial charge in [-0.25, -0.2) is 16.8 Å². The van der Waals surface area contributed by atoms with Crippen LogP contribution in [0, 0.1) is 0 Å². The molecule has 0 spiro atoms. The molecule has 0 saturated carbocycles. The maximum atomic E-state index is 13.6. The number of para-hydroxylation sites is 2. The summed E-state index contributed by atoms with van der Waals surface area (Å²) < 4.78 is 80.2. The Morgan fingerprint density at radius 1 is 0.333 bits per heavy atom. The Kier molecular flexibility index (Phi) is 10.9. The van der Waals surface area contributed by atoms with Crippen molar-refractivity contribution in [2.24, 2.45) is 0 Å². The topological polar surface area (TPSA) is 105 Å². The average molecular weight is 885 g/mol. The smallest absolute Gasteiger partial charge is 0.210 e. The lowest BCUT2D eigenvalue weighted by atomic mass is 10.3. The van der Waals surface area contributed by atoms with E-state index >= 15 is 0 Å². The van der Waals surface area contributed by atoms with E-state index in [0.29, 0.717) is 34.5 Å². The molecule has 0 N–H and O–H groups in total. The Hall–Kier alpha value is -5.40. The zero-order chi connectivity index (χ0) is 37.7. The van der Waals surface area contributed by atoms with Gasteiger partial charge < -0.3 is 18.9 Å². The molecule has 0 unspecified atom stereocenters. The molecule has 0 aliphatic heterocycles. The fourth-order valence-electron chi connectivity index (χ4n) is 5.27. The van der Waals surface area contributed by atoms with E-state index < -0.39 is 19.7 Å². The first kappa shape index (κ1) is 36.9. The van der Waals surface area contributed by atoms with Crippen molar-refractivity contribution < 1.29 is 35.8 Å². The van der Waals surface area contributed by atoms with E-state index in [1.54, 1.807) is 109 Å². The monoisotopic (exact) mass is 882 g/mol. The van der Waals surface area contributed by atoms with Crippen LogP contribution in [-0.2, 0) is 19.7 Å². The van der Waals surface area contributed by atoms with Gasteiger partial charge in [-0.2, -0.15) is 0 Å². The predicted octanol–water partition coefficient (Wildman–Crippen LogP) is 12.0. The maximum Gasteiger partial charge on any atom is 0.210 e. The van der Waals surface area contributed by atoms with Crippen molar-refractivity contribution in [1.29, 1.82) is 0 Å². The highest BCUT2D eigenvalue weighted by Crippen LogP contribution is 2.36. The first-order chi connectivity index (χ1) is 26.0. The van der Waals surface area contributed by atoms with Gasteiger partial charge in [-0.3, -0.25) is 0 Å². The zero-order valence-electron chi connectivity index (χ0n) is 28.0. The molecule has 0 radical (unpaired) electrons. The molecule has 0 bridgehead atoms. The van der Waals surface area contributed by atoms with Gasteiger partial charge in [-0.1, -0.05) is 62.2 Å². The normalized spacial score (nSPS) is 11.4. The quantitative estimate of drug-likeness (QED) is 0.119. The molecule has 8 nitrogen and oxygen atoms in total. The number of hydrogen-bond acceptors (Lipinski definition) is 8. The molecule has 270 valence electrons. The molecular formula is C42H28Br2O8S2. The Bertz CT molecular complexity index is 2450. The fourth-order valence-corrected chi connectivity index (χ4v) is 8.56. The molecule has 7 rings (SSSR count). The minimum atomic E-state index is -3.93. The molecule has 0 saturated heterocycles. The molecule has 0 atom stereocenters. The summed E-state index contributed by atoms with van der Waals surface area (Å²) in [4.78, 5) is 0.218. The number of hydrogen-bond donors (Lipinski definition) is 0. The first-order valence-corrected chi connectivity index (χ1v) is 20.8. The molecule has 7 aromatic carbocycles. The van der Waals surface area contributed by atoms with E-state index in [1.807, 2.05) is 24.3 Å². The highest BCUT2D eigenvalue weighted by atomic mass is 79.9. The average Bonchev–Trinajstić information content (AvgIpc) is 3.18. The van der Waals surface area contributed by atoms with Crippen LogP contribution in [0.15, 0.2) is 198 Å². The van der Waals surface area contributed by atoms with Gasteiger partial charge in [-0.15, -0.1) is 0 Å². The second-order valence-corrected chi connectivity index (χ2v) is 17.3. The van der Waals surface area contributed by atoms with Crippen LogP contribution in [0.2, 0.25) is 0 Å². The van der Waals surface area contributed by atoms with Crippen molar-refractivity contribution >= 4 is 51.5 Å². The zero-order valence-corrected chi connectivity index (χ0v) is 32.8. The van der Waals surface area contributed by atoms with Crippen molar-refractivity contribution in [1.82, 2.24) is 0 Å². The lowest BCUT2D eigenvalue weighted by Gasteiger charge is -2.13. The van der Waals surface area contributed by atoms with Crippen LogP contribution in [0.4, 0.5) is 0 Å². The number of halogens is 2. The standard InChI is InChI=1S/C42H28Br2O8S2/c43-29-12-16-33(17-13-29)51-39-8-1-3-10-41(39)53(45,46)37-24-20-31(21-25-37)49-35-6-5-7-36(28-35)50-32-22-26-38(27-23-32)54(47,48)42-11-4-2-9-40(42)52-34-18-14-30(44)15-19-34/h1-28H. The van der Waals surface area contributed by atoms with Crippen LogP contribution >= 0.6 is 31.9 Å². The first-order valence-electron chi connectivity index (χ1n) is 16.3. The van der Waals surface area contributed by atoms with E-state index in [1.165, 1.54) is 36.4 Å². The summed E-state index contributed by atoms with van der Waals surface area (Å²) in [5, 5.41) is 0. The third kappa shape index (κ3) is 8.53. The van der Waals surface area contributed by atoms with Gasteiger partial charge in [0.15, 0.2) is 0 Å².